The van der Waals surface area contributed by atoms with Gasteiger partial charge in [0.05, 0.1) is 11.1 Å². The van der Waals surface area contributed by atoms with Gasteiger partial charge in [0.1, 0.15) is 0 Å². The Bertz CT molecular complexity index is 376. The number of pyridine rings is 1. The summed E-state index contributed by atoms with van der Waals surface area (Å²) in [5.41, 5.74) is -1.81. The number of nitrogens with zero attached hydrogens (tertiary/aromatic N) is 2. The van der Waals surface area contributed by atoms with E-state index in [0.717, 1.165) is 19.4 Å². The van der Waals surface area contributed by atoms with Crippen molar-refractivity contribution in [3.63, 3.8) is 0 Å². The van der Waals surface area contributed by atoms with Crippen molar-refractivity contribution in [2.75, 3.05) is 7.05 Å². The SMILES string of the molecule is CN(O)C(=O)c1cnccc1C(F)(F)F. The Balaban J connectivity index is 3.25. The third kappa shape index (κ3) is 2.44. The van der Waals surface area contributed by atoms with Gasteiger partial charge in [-0.1, -0.05) is 0 Å². The zero-order valence-corrected chi connectivity index (χ0v) is 7.62. The number of carbonyl (C=O) groups excluding carboxylic acids is 1. The Morgan fingerprint density at radius 1 is 1.53 bits per heavy atom. The van der Waals surface area contributed by atoms with E-state index >= 15 is 0 Å². The molecule has 4 nitrogen and oxygen atoms in total. The van der Waals surface area contributed by atoms with Crippen LogP contribution in [0.15, 0.2) is 18.5 Å². The minimum Gasteiger partial charge on any atom is -0.286 e. The molecule has 7 heteroatoms. The Hall–Kier alpha value is -1.63. The molecular weight excluding hydrogens is 213 g/mol. The molecule has 0 unspecified atom stereocenters. The first-order valence-corrected chi connectivity index (χ1v) is 3.82. The lowest BCUT2D eigenvalue weighted by Crippen LogP contribution is -2.25. The second kappa shape index (κ2) is 3.85. The van der Waals surface area contributed by atoms with E-state index in [-0.39, 0.29) is 5.06 Å². The number of amides is 1. The van der Waals surface area contributed by atoms with Crippen molar-refractivity contribution in [2.24, 2.45) is 0 Å². The molecule has 0 atom stereocenters. The molecular formula is C8H7F3N2O2. The summed E-state index contributed by atoms with van der Waals surface area (Å²) in [5, 5.41) is 8.83. The zero-order chi connectivity index (χ0) is 11.6. The molecule has 1 N–H and O–H groups in total. The maximum Gasteiger partial charge on any atom is 0.417 e. The van der Waals surface area contributed by atoms with Gasteiger partial charge < -0.3 is 0 Å². The van der Waals surface area contributed by atoms with Crippen molar-refractivity contribution in [2.45, 2.75) is 6.18 Å². The first-order valence-electron chi connectivity index (χ1n) is 3.82. The molecule has 1 aromatic heterocycles. The number of alkyl halides is 3. The fourth-order valence-electron chi connectivity index (χ4n) is 0.986. The molecule has 0 saturated carbocycles. The molecule has 1 rings (SSSR count). The topological polar surface area (TPSA) is 53.4 Å². The molecule has 0 spiro atoms. The highest BCUT2D eigenvalue weighted by Crippen LogP contribution is 2.31. The van der Waals surface area contributed by atoms with E-state index < -0.39 is 23.2 Å². The number of hydrogen-bond donors (Lipinski definition) is 1. The third-order valence-electron chi connectivity index (χ3n) is 1.65. The van der Waals surface area contributed by atoms with Crippen molar-refractivity contribution in [1.82, 2.24) is 10.0 Å². The van der Waals surface area contributed by atoms with E-state index in [9.17, 15) is 18.0 Å². The lowest BCUT2D eigenvalue weighted by molar-refractivity contribution is -0.138. The van der Waals surface area contributed by atoms with Crippen molar-refractivity contribution in [3.8, 4) is 0 Å². The van der Waals surface area contributed by atoms with Crippen LogP contribution in [0.25, 0.3) is 0 Å². The number of aromatic nitrogens is 1. The summed E-state index contributed by atoms with van der Waals surface area (Å²) >= 11 is 0. The van der Waals surface area contributed by atoms with Crippen LogP contribution in [0.2, 0.25) is 0 Å². The minimum atomic E-state index is -4.65. The molecule has 0 aliphatic rings. The Kier molecular flexibility index (Phi) is 2.94. The van der Waals surface area contributed by atoms with Gasteiger partial charge in [0.15, 0.2) is 0 Å². The monoisotopic (exact) mass is 220 g/mol. The van der Waals surface area contributed by atoms with Gasteiger partial charge in [-0.05, 0) is 6.07 Å². The molecule has 82 valence electrons. The highest BCUT2D eigenvalue weighted by molar-refractivity contribution is 5.94. The zero-order valence-electron chi connectivity index (χ0n) is 7.62. The van der Waals surface area contributed by atoms with Crippen LogP contribution in [0.4, 0.5) is 13.2 Å². The van der Waals surface area contributed by atoms with Gasteiger partial charge in [0, 0.05) is 19.4 Å². The van der Waals surface area contributed by atoms with Gasteiger partial charge in [0.2, 0.25) is 0 Å². The van der Waals surface area contributed by atoms with Crippen LogP contribution in [0.1, 0.15) is 15.9 Å². The molecule has 15 heavy (non-hydrogen) atoms. The number of carbonyl (C=O) groups is 1. The number of hydroxylamine groups is 2. The first kappa shape index (κ1) is 11.4. The maximum absolute atomic E-state index is 12.4. The highest BCUT2D eigenvalue weighted by atomic mass is 19.4. The largest absolute Gasteiger partial charge is 0.417 e. The third-order valence-corrected chi connectivity index (χ3v) is 1.65. The molecule has 0 saturated heterocycles. The Labute approximate surface area is 82.9 Å². The van der Waals surface area contributed by atoms with Crippen LogP contribution in [-0.4, -0.2) is 28.2 Å². The summed E-state index contributed by atoms with van der Waals surface area (Å²) < 4.78 is 37.2. The molecule has 1 amide bonds. The molecule has 1 aromatic rings. The Morgan fingerprint density at radius 2 is 2.13 bits per heavy atom. The number of halogens is 3. The quantitative estimate of drug-likeness (QED) is 0.577. The predicted molar refractivity (Wildman–Crippen MR) is 43.1 cm³/mol. The molecule has 0 aliphatic heterocycles. The highest BCUT2D eigenvalue weighted by Gasteiger charge is 2.35. The molecule has 0 fully saturated rings. The summed E-state index contributed by atoms with van der Waals surface area (Å²) in [6.45, 7) is 0. The van der Waals surface area contributed by atoms with Gasteiger partial charge >= 0.3 is 6.18 Å². The van der Waals surface area contributed by atoms with E-state index in [4.69, 9.17) is 5.21 Å². The van der Waals surface area contributed by atoms with Crippen LogP contribution in [0.5, 0.6) is 0 Å². The van der Waals surface area contributed by atoms with E-state index in [1.807, 2.05) is 0 Å². The molecule has 1 heterocycles. The second-order valence-corrected chi connectivity index (χ2v) is 2.75. The smallest absolute Gasteiger partial charge is 0.286 e. The molecule has 0 aliphatic carbocycles. The van der Waals surface area contributed by atoms with Crippen LogP contribution in [0.3, 0.4) is 0 Å². The van der Waals surface area contributed by atoms with Gasteiger partial charge in [-0.2, -0.15) is 13.2 Å². The summed E-state index contributed by atoms with van der Waals surface area (Å²) in [5.74, 6) is -1.16. The maximum atomic E-state index is 12.4. The molecule has 0 radical (unpaired) electrons. The summed E-state index contributed by atoms with van der Waals surface area (Å²) in [6.07, 6.45) is -2.96. The van der Waals surface area contributed by atoms with E-state index in [1.54, 1.807) is 0 Å². The molecule has 0 bridgehead atoms. The van der Waals surface area contributed by atoms with Gasteiger partial charge in [-0.3, -0.25) is 15.0 Å². The van der Waals surface area contributed by atoms with Crippen molar-refractivity contribution >= 4 is 5.91 Å². The summed E-state index contributed by atoms with van der Waals surface area (Å²) in [6, 6.07) is 0.677. The van der Waals surface area contributed by atoms with Gasteiger partial charge in [-0.15, -0.1) is 0 Å². The summed E-state index contributed by atoms with van der Waals surface area (Å²) in [7, 11) is 0.940. The lowest BCUT2D eigenvalue weighted by atomic mass is 10.1. The normalized spacial score (nSPS) is 11.3. The van der Waals surface area contributed by atoms with Crippen LogP contribution >= 0.6 is 0 Å². The minimum absolute atomic E-state index is 0.0756. The van der Waals surface area contributed by atoms with Crippen molar-refractivity contribution in [1.29, 1.82) is 0 Å². The fraction of sp³-hybridized carbons (Fsp3) is 0.250. The van der Waals surface area contributed by atoms with Gasteiger partial charge in [0.25, 0.3) is 5.91 Å². The van der Waals surface area contributed by atoms with Crippen LogP contribution in [-0.2, 0) is 6.18 Å². The Morgan fingerprint density at radius 3 is 2.60 bits per heavy atom. The second-order valence-electron chi connectivity index (χ2n) is 2.75. The van der Waals surface area contributed by atoms with E-state index in [2.05, 4.69) is 4.98 Å². The van der Waals surface area contributed by atoms with Gasteiger partial charge in [-0.25, -0.2) is 5.06 Å². The average Bonchev–Trinajstić information content (AvgIpc) is 2.15. The molecule has 0 aromatic carbocycles. The predicted octanol–water partition coefficient (Wildman–Crippen LogP) is 1.56. The number of rotatable bonds is 1. The van der Waals surface area contributed by atoms with E-state index in [0.29, 0.717) is 6.07 Å². The van der Waals surface area contributed by atoms with Crippen molar-refractivity contribution in [3.05, 3.63) is 29.6 Å². The fourth-order valence-corrected chi connectivity index (χ4v) is 0.986. The average molecular weight is 220 g/mol. The first-order chi connectivity index (χ1) is 6.84. The van der Waals surface area contributed by atoms with Crippen molar-refractivity contribution < 1.29 is 23.2 Å². The lowest BCUT2D eigenvalue weighted by Gasteiger charge is -2.13. The van der Waals surface area contributed by atoms with E-state index in [1.165, 1.54) is 0 Å². The summed E-state index contributed by atoms with van der Waals surface area (Å²) in [4.78, 5) is 14.6. The number of hydrogen-bond acceptors (Lipinski definition) is 3. The van der Waals surface area contributed by atoms with Crippen LogP contribution in [0, 0.1) is 0 Å². The van der Waals surface area contributed by atoms with Crippen LogP contribution < -0.4 is 0 Å². The standard InChI is InChI=1S/C8H7F3N2O2/c1-13(15)7(14)5-4-12-3-2-6(5)8(9,10)11/h2-4,15H,1H3.